The second kappa shape index (κ2) is 12.1. The average molecular weight is 489 g/mol. The van der Waals surface area contributed by atoms with Gasteiger partial charge < -0.3 is 20.4 Å². The van der Waals surface area contributed by atoms with Crippen LogP contribution < -0.4 is 0 Å². The lowest BCUT2D eigenvalue weighted by atomic mass is 9.60. The Morgan fingerprint density at radius 3 is 2.57 bits per heavy atom. The number of unbranched alkanes of at least 4 members (excludes halogenated alkanes) is 1. The molecule has 0 saturated heterocycles. The van der Waals surface area contributed by atoms with Gasteiger partial charge in [-0.05, 0) is 106 Å². The van der Waals surface area contributed by atoms with Gasteiger partial charge in [-0.1, -0.05) is 57.4 Å². The maximum atomic E-state index is 10.8. The lowest BCUT2D eigenvalue weighted by Gasteiger charge is -2.44. The molecule has 0 bridgehead atoms. The van der Waals surface area contributed by atoms with Crippen LogP contribution in [0.5, 0.6) is 0 Å². The molecule has 4 N–H and O–H groups in total. The average Bonchev–Trinajstić information content (AvgIpc) is 3.14. The van der Waals surface area contributed by atoms with Crippen LogP contribution >= 0.6 is 0 Å². The Bertz CT molecular complexity index is 775. The molecule has 0 unspecified atom stereocenters. The number of hydrogen-bond donors (Lipinski definition) is 4. The van der Waals surface area contributed by atoms with Crippen molar-refractivity contribution in [3.8, 4) is 0 Å². The van der Waals surface area contributed by atoms with Crippen molar-refractivity contribution in [2.75, 3.05) is 6.61 Å². The summed E-state index contributed by atoms with van der Waals surface area (Å²) < 4.78 is 0. The highest BCUT2D eigenvalue weighted by molar-refractivity contribution is 5.39. The van der Waals surface area contributed by atoms with Crippen LogP contribution in [0, 0.1) is 29.1 Å². The number of aliphatic hydroxyl groups is 4. The topological polar surface area (TPSA) is 80.9 Å². The maximum absolute atomic E-state index is 10.8. The summed E-state index contributed by atoms with van der Waals surface area (Å²) in [6.45, 7) is 13.1. The molecule has 0 amide bonds. The van der Waals surface area contributed by atoms with Gasteiger partial charge in [0.25, 0.3) is 0 Å². The maximum Gasteiger partial charge on any atom is 0.0839 e. The summed E-state index contributed by atoms with van der Waals surface area (Å²) in [5.41, 5.74) is 3.05. The second-order valence-electron chi connectivity index (χ2n) is 12.8. The third-order valence-electron chi connectivity index (χ3n) is 9.72. The van der Waals surface area contributed by atoms with Crippen LogP contribution in [-0.2, 0) is 0 Å². The fourth-order valence-electron chi connectivity index (χ4n) is 7.66. The smallest absolute Gasteiger partial charge is 0.0839 e. The van der Waals surface area contributed by atoms with Gasteiger partial charge >= 0.3 is 0 Å². The molecule has 0 aromatic heterocycles. The molecule has 0 spiro atoms. The quantitative estimate of drug-likeness (QED) is 0.280. The molecule has 0 aliphatic heterocycles. The molecule has 4 nitrogen and oxygen atoms in total. The normalized spacial score (nSPS) is 37.1. The van der Waals surface area contributed by atoms with Crippen molar-refractivity contribution in [3.05, 3.63) is 35.5 Å². The van der Waals surface area contributed by atoms with Crippen LogP contribution in [0.25, 0.3) is 0 Å². The number of allylic oxidation sites excluding steroid dienone is 3. The SMILES string of the molecule is C=C1/C(=C\C=C2/CCC[C@]3(C)[C@@H]([C@@H](C)CCCC(C)(C)O)CC[C@@H]23)C[C@@H](O)[C@H](CCCCO)[C@@H]1O. The predicted molar refractivity (Wildman–Crippen MR) is 144 cm³/mol. The molecular weight excluding hydrogens is 436 g/mol. The molecule has 0 radical (unpaired) electrons. The third-order valence-corrected chi connectivity index (χ3v) is 9.72. The molecule has 4 heteroatoms. The fraction of sp³-hybridized carbons (Fsp3) is 0.806. The standard InChI is InChI=1S/C31H52O4/c1-21(10-8-17-30(3,4)35)26-15-16-27-23(11-9-18-31(26,27)5)13-14-24-20-28(33)25(12-6-7-19-32)29(34)22(24)2/h13-14,21,25-29,32-35H,2,6-12,15-20H2,1,3-5H3/b23-13+,24-14-/t21-,25-,26+,27-,28+,29+,31+/m0/s1. The number of aliphatic hydroxyl groups excluding tert-OH is 3. The summed E-state index contributed by atoms with van der Waals surface area (Å²) in [6.07, 6.45) is 15.3. The van der Waals surface area contributed by atoms with Crippen LogP contribution in [0.3, 0.4) is 0 Å². The molecule has 3 saturated carbocycles. The van der Waals surface area contributed by atoms with Gasteiger partial charge in [0.1, 0.15) is 0 Å². The van der Waals surface area contributed by atoms with E-state index in [0.717, 1.165) is 42.7 Å². The Kier molecular flexibility index (Phi) is 9.87. The fourth-order valence-corrected chi connectivity index (χ4v) is 7.66. The zero-order chi connectivity index (χ0) is 25.8. The molecule has 3 aliphatic rings. The monoisotopic (exact) mass is 488 g/mol. The summed E-state index contributed by atoms with van der Waals surface area (Å²) in [6, 6.07) is 0. The molecule has 3 rings (SSSR count). The van der Waals surface area contributed by atoms with Crippen LogP contribution in [0.4, 0.5) is 0 Å². The summed E-state index contributed by atoms with van der Waals surface area (Å²) in [7, 11) is 0. The van der Waals surface area contributed by atoms with Crippen molar-refractivity contribution in [2.24, 2.45) is 29.1 Å². The van der Waals surface area contributed by atoms with E-state index in [2.05, 4.69) is 32.6 Å². The Labute approximate surface area is 214 Å². The second-order valence-corrected chi connectivity index (χ2v) is 12.8. The minimum Gasteiger partial charge on any atom is -0.396 e. The molecular formula is C31H52O4. The van der Waals surface area contributed by atoms with Crippen molar-refractivity contribution < 1.29 is 20.4 Å². The van der Waals surface area contributed by atoms with E-state index in [-0.39, 0.29) is 12.5 Å². The summed E-state index contributed by atoms with van der Waals surface area (Å²) in [4.78, 5) is 0. The zero-order valence-corrected chi connectivity index (χ0v) is 22.8. The van der Waals surface area contributed by atoms with Crippen molar-refractivity contribution in [2.45, 2.75) is 123 Å². The Balaban J connectivity index is 1.67. The van der Waals surface area contributed by atoms with Gasteiger partial charge in [-0.2, -0.15) is 0 Å². The van der Waals surface area contributed by atoms with E-state index in [9.17, 15) is 15.3 Å². The molecule has 0 aromatic rings. The van der Waals surface area contributed by atoms with E-state index in [0.29, 0.717) is 36.5 Å². The third kappa shape index (κ3) is 6.89. The minimum absolute atomic E-state index is 0.152. The Morgan fingerprint density at radius 2 is 1.89 bits per heavy atom. The lowest BCUT2D eigenvalue weighted by molar-refractivity contribution is 0.0124. The number of rotatable bonds is 10. The molecule has 200 valence electrons. The van der Waals surface area contributed by atoms with E-state index in [4.69, 9.17) is 5.11 Å². The van der Waals surface area contributed by atoms with E-state index >= 15 is 0 Å². The van der Waals surface area contributed by atoms with E-state index in [1.54, 1.807) is 5.57 Å². The Morgan fingerprint density at radius 1 is 1.14 bits per heavy atom. The largest absolute Gasteiger partial charge is 0.396 e. The highest BCUT2D eigenvalue weighted by atomic mass is 16.3. The van der Waals surface area contributed by atoms with Crippen molar-refractivity contribution in [1.29, 1.82) is 0 Å². The first kappa shape index (κ1) is 28.6. The Hall–Kier alpha value is -0.940. The number of fused-ring (bicyclic) bond motifs is 1. The molecule has 3 fully saturated rings. The first-order chi connectivity index (χ1) is 16.5. The van der Waals surface area contributed by atoms with Crippen LogP contribution in [-0.4, -0.2) is 44.8 Å². The van der Waals surface area contributed by atoms with Gasteiger partial charge in [-0.15, -0.1) is 0 Å². The van der Waals surface area contributed by atoms with Crippen LogP contribution in [0.2, 0.25) is 0 Å². The van der Waals surface area contributed by atoms with E-state index < -0.39 is 17.8 Å². The van der Waals surface area contributed by atoms with Gasteiger partial charge in [0.15, 0.2) is 0 Å². The summed E-state index contributed by atoms with van der Waals surface area (Å²) >= 11 is 0. The first-order valence-electron chi connectivity index (χ1n) is 14.3. The first-order valence-corrected chi connectivity index (χ1v) is 14.3. The highest BCUT2D eigenvalue weighted by Crippen LogP contribution is 2.60. The molecule has 0 heterocycles. The minimum atomic E-state index is -0.709. The van der Waals surface area contributed by atoms with E-state index in [1.807, 2.05) is 13.8 Å². The van der Waals surface area contributed by atoms with Crippen molar-refractivity contribution >= 4 is 0 Å². The summed E-state index contributed by atoms with van der Waals surface area (Å²) in [5.74, 6) is 1.84. The van der Waals surface area contributed by atoms with Gasteiger partial charge in [-0.3, -0.25) is 0 Å². The molecule has 35 heavy (non-hydrogen) atoms. The van der Waals surface area contributed by atoms with Crippen LogP contribution in [0.1, 0.15) is 105 Å². The predicted octanol–water partition coefficient (Wildman–Crippen LogP) is 6.09. The van der Waals surface area contributed by atoms with Crippen molar-refractivity contribution in [1.82, 2.24) is 0 Å². The van der Waals surface area contributed by atoms with Gasteiger partial charge in [0, 0.05) is 12.5 Å². The van der Waals surface area contributed by atoms with Gasteiger partial charge in [0.05, 0.1) is 17.8 Å². The highest BCUT2D eigenvalue weighted by Gasteiger charge is 2.50. The van der Waals surface area contributed by atoms with Crippen LogP contribution in [0.15, 0.2) is 35.5 Å². The molecule has 0 aromatic carbocycles. The molecule has 7 atom stereocenters. The van der Waals surface area contributed by atoms with Crippen molar-refractivity contribution in [3.63, 3.8) is 0 Å². The summed E-state index contributed by atoms with van der Waals surface area (Å²) in [5, 5.41) is 40.7. The lowest BCUT2D eigenvalue weighted by Crippen LogP contribution is -2.38. The van der Waals surface area contributed by atoms with Gasteiger partial charge in [-0.25, -0.2) is 0 Å². The van der Waals surface area contributed by atoms with E-state index in [1.165, 1.54) is 32.1 Å². The number of hydrogen-bond acceptors (Lipinski definition) is 4. The molecule has 3 aliphatic carbocycles. The zero-order valence-electron chi connectivity index (χ0n) is 22.8. The van der Waals surface area contributed by atoms with Gasteiger partial charge in [0.2, 0.25) is 0 Å².